The Morgan fingerprint density at radius 1 is 1.57 bits per heavy atom. The van der Waals surface area contributed by atoms with Crippen LogP contribution in [0.5, 0.6) is 0 Å². The van der Waals surface area contributed by atoms with Gasteiger partial charge in [-0.2, -0.15) is 0 Å². The third-order valence-electron chi connectivity index (χ3n) is 3.03. The van der Waals surface area contributed by atoms with E-state index in [9.17, 15) is 13.4 Å². The maximum atomic E-state index is 13.8. The Hall–Kier alpha value is -1.41. The van der Waals surface area contributed by atoms with Gasteiger partial charge in [0, 0.05) is 28.9 Å². The molecule has 2 aromatic rings. The van der Waals surface area contributed by atoms with Gasteiger partial charge < -0.3 is 9.67 Å². The molecule has 0 bridgehead atoms. The second kappa shape index (κ2) is 6.57. The molecule has 0 spiro atoms. The molecule has 0 amide bonds. The van der Waals surface area contributed by atoms with E-state index in [1.54, 1.807) is 23.0 Å². The molecule has 2 atom stereocenters. The second-order valence-electron chi connectivity index (χ2n) is 4.60. The van der Waals surface area contributed by atoms with Gasteiger partial charge in [0.25, 0.3) is 0 Å². The van der Waals surface area contributed by atoms with Crippen LogP contribution in [-0.4, -0.2) is 42.1 Å². The Bertz CT molecular complexity index is 702. The van der Waals surface area contributed by atoms with Gasteiger partial charge in [0.1, 0.15) is 5.52 Å². The van der Waals surface area contributed by atoms with Crippen molar-refractivity contribution in [3.63, 3.8) is 0 Å². The van der Waals surface area contributed by atoms with E-state index < -0.39 is 22.6 Å². The molecule has 0 aliphatic carbocycles. The fourth-order valence-electron chi connectivity index (χ4n) is 1.87. The molecule has 1 N–H and O–H groups in total. The number of fused-ring (bicyclic) bond motifs is 1. The lowest BCUT2D eigenvalue weighted by Gasteiger charge is -2.12. The lowest BCUT2D eigenvalue weighted by Crippen LogP contribution is -2.18. The number of hydrogen-bond acceptors (Lipinski definition) is 4. The Morgan fingerprint density at radius 3 is 2.90 bits per heavy atom. The van der Waals surface area contributed by atoms with Crippen molar-refractivity contribution in [1.29, 1.82) is 0 Å². The first kappa shape index (κ1) is 16.0. The summed E-state index contributed by atoms with van der Waals surface area (Å²) in [5, 5.41) is 9.07. The molecule has 2 unspecified atom stereocenters. The van der Waals surface area contributed by atoms with Crippen molar-refractivity contribution in [3.8, 4) is 0 Å². The highest BCUT2D eigenvalue weighted by Gasteiger charge is 2.18. The SMILES string of the molecule is CC(Cn1c(SCC(=O)O)nc2c(F)cccc21)S(C)=O. The number of imidazole rings is 1. The van der Waals surface area contributed by atoms with Crippen LogP contribution >= 0.6 is 11.8 Å². The number of thioether (sulfide) groups is 1. The van der Waals surface area contributed by atoms with Crippen molar-refractivity contribution >= 4 is 39.6 Å². The van der Waals surface area contributed by atoms with Gasteiger partial charge in [-0.05, 0) is 19.1 Å². The van der Waals surface area contributed by atoms with Crippen LogP contribution in [0.2, 0.25) is 0 Å². The number of para-hydroxylation sites is 1. The summed E-state index contributed by atoms with van der Waals surface area (Å²) in [5.41, 5.74) is 0.791. The van der Waals surface area contributed by atoms with Crippen LogP contribution in [-0.2, 0) is 22.1 Å². The third kappa shape index (κ3) is 3.62. The van der Waals surface area contributed by atoms with E-state index in [1.165, 1.54) is 6.07 Å². The topological polar surface area (TPSA) is 72.2 Å². The molecule has 2 rings (SSSR count). The van der Waals surface area contributed by atoms with Gasteiger partial charge in [0.05, 0.1) is 11.3 Å². The third-order valence-corrected chi connectivity index (χ3v) is 5.27. The lowest BCUT2D eigenvalue weighted by molar-refractivity contribution is -0.133. The van der Waals surface area contributed by atoms with Crippen LogP contribution in [0, 0.1) is 5.82 Å². The Labute approximate surface area is 128 Å². The maximum Gasteiger partial charge on any atom is 0.313 e. The number of carboxylic acid groups (broad SMARTS) is 1. The number of rotatable bonds is 6. The van der Waals surface area contributed by atoms with Crippen LogP contribution in [0.15, 0.2) is 23.4 Å². The van der Waals surface area contributed by atoms with Gasteiger partial charge in [-0.1, -0.05) is 17.8 Å². The fourth-order valence-corrected chi connectivity index (χ4v) is 2.96. The van der Waals surface area contributed by atoms with Crippen molar-refractivity contribution in [3.05, 3.63) is 24.0 Å². The molecule has 0 radical (unpaired) electrons. The Balaban J connectivity index is 2.46. The van der Waals surface area contributed by atoms with E-state index in [0.717, 1.165) is 11.8 Å². The van der Waals surface area contributed by atoms with Crippen LogP contribution < -0.4 is 0 Å². The van der Waals surface area contributed by atoms with Gasteiger partial charge in [0.2, 0.25) is 0 Å². The van der Waals surface area contributed by atoms with E-state index in [2.05, 4.69) is 4.98 Å². The summed E-state index contributed by atoms with van der Waals surface area (Å²) in [6.07, 6.45) is 1.61. The summed E-state index contributed by atoms with van der Waals surface area (Å²) in [7, 11) is -1.03. The summed E-state index contributed by atoms with van der Waals surface area (Å²) >= 11 is 1.03. The number of halogens is 1. The van der Waals surface area contributed by atoms with Crippen molar-refractivity contribution in [2.75, 3.05) is 12.0 Å². The molecule has 1 aromatic carbocycles. The molecule has 0 aliphatic heterocycles. The smallest absolute Gasteiger partial charge is 0.313 e. The number of nitrogens with zero attached hydrogens (tertiary/aromatic N) is 2. The average molecular weight is 330 g/mol. The Kier molecular flexibility index (Phi) is 5.00. The Morgan fingerprint density at radius 2 is 2.29 bits per heavy atom. The summed E-state index contributed by atoms with van der Waals surface area (Å²) in [5.74, 6) is -1.57. The molecular weight excluding hydrogens is 315 g/mol. The minimum absolute atomic E-state index is 0.144. The van der Waals surface area contributed by atoms with Gasteiger partial charge in [-0.3, -0.25) is 9.00 Å². The van der Waals surface area contributed by atoms with Crippen molar-refractivity contribution < 1.29 is 18.5 Å². The van der Waals surface area contributed by atoms with Gasteiger partial charge in [0.15, 0.2) is 11.0 Å². The normalized spacial score (nSPS) is 14.2. The van der Waals surface area contributed by atoms with Crippen LogP contribution in [0.1, 0.15) is 6.92 Å². The van der Waals surface area contributed by atoms with Gasteiger partial charge in [-0.15, -0.1) is 0 Å². The monoisotopic (exact) mass is 330 g/mol. The quantitative estimate of drug-likeness (QED) is 0.822. The zero-order chi connectivity index (χ0) is 15.6. The van der Waals surface area contributed by atoms with Gasteiger partial charge in [-0.25, -0.2) is 9.37 Å². The average Bonchev–Trinajstić information content (AvgIpc) is 2.76. The molecule has 0 saturated carbocycles. The van der Waals surface area contributed by atoms with Crippen molar-refractivity contribution in [2.24, 2.45) is 0 Å². The standard InChI is InChI=1S/C13H15FN2O3S2/c1-8(21(2)19)6-16-10-5-3-4-9(14)12(10)15-13(16)20-7-11(17)18/h3-5,8H,6-7H2,1-2H3,(H,17,18). The largest absolute Gasteiger partial charge is 0.481 e. The molecular formula is C13H15FN2O3S2. The second-order valence-corrected chi connectivity index (χ2v) is 7.35. The number of aromatic nitrogens is 2. The lowest BCUT2D eigenvalue weighted by atomic mass is 10.3. The van der Waals surface area contributed by atoms with Crippen LogP contribution in [0.4, 0.5) is 4.39 Å². The first-order valence-electron chi connectivity index (χ1n) is 6.21. The minimum atomic E-state index is -1.03. The predicted octanol–water partition coefficient (Wildman–Crippen LogP) is 2.12. The van der Waals surface area contributed by atoms with E-state index >= 15 is 0 Å². The van der Waals surface area contributed by atoms with Crippen LogP contribution in [0.25, 0.3) is 11.0 Å². The summed E-state index contributed by atoms with van der Waals surface area (Å²) in [6.45, 7) is 2.22. The fraction of sp³-hybridized carbons (Fsp3) is 0.385. The van der Waals surface area contributed by atoms with Crippen molar-refractivity contribution in [2.45, 2.75) is 23.9 Å². The maximum absolute atomic E-state index is 13.8. The van der Waals surface area contributed by atoms with E-state index in [0.29, 0.717) is 17.2 Å². The highest BCUT2D eigenvalue weighted by atomic mass is 32.2. The molecule has 5 nitrogen and oxygen atoms in total. The summed E-state index contributed by atoms with van der Waals surface area (Å²) in [4.78, 5) is 14.9. The number of carboxylic acids is 1. The molecule has 0 saturated heterocycles. The van der Waals surface area contributed by atoms with Crippen LogP contribution in [0.3, 0.4) is 0 Å². The number of benzene rings is 1. The highest BCUT2D eigenvalue weighted by Crippen LogP contribution is 2.26. The summed E-state index contributed by atoms with van der Waals surface area (Å²) in [6, 6.07) is 4.61. The summed E-state index contributed by atoms with van der Waals surface area (Å²) < 4.78 is 27.1. The number of aliphatic carboxylic acids is 1. The first-order chi connectivity index (χ1) is 9.90. The highest BCUT2D eigenvalue weighted by molar-refractivity contribution is 7.99. The molecule has 8 heteroatoms. The molecule has 1 heterocycles. The number of hydrogen-bond donors (Lipinski definition) is 1. The minimum Gasteiger partial charge on any atom is -0.481 e. The molecule has 0 aliphatic rings. The van der Waals surface area contributed by atoms with E-state index in [1.807, 2.05) is 6.92 Å². The zero-order valence-electron chi connectivity index (χ0n) is 11.6. The first-order valence-corrected chi connectivity index (χ1v) is 8.82. The predicted molar refractivity (Wildman–Crippen MR) is 81.6 cm³/mol. The number of carbonyl (C=O) groups is 1. The van der Waals surface area contributed by atoms with E-state index in [4.69, 9.17) is 5.11 Å². The molecule has 1 aromatic heterocycles. The molecule has 114 valence electrons. The van der Waals surface area contributed by atoms with Crippen molar-refractivity contribution in [1.82, 2.24) is 9.55 Å². The molecule has 0 fully saturated rings. The van der Waals surface area contributed by atoms with Gasteiger partial charge >= 0.3 is 5.97 Å². The van der Waals surface area contributed by atoms with E-state index in [-0.39, 0.29) is 16.5 Å². The molecule has 21 heavy (non-hydrogen) atoms. The zero-order valence-corrected chi connectivity index (χ0v) is 13.2.